The molecule has 4 aliphatic rings. The van der Waals surface area contributed by atoms with E-state index in [-0.39, 0.29) is 41.3 Å². The molecule has 2 aliphatic heterocycles. The van der Waals surface area contributed by atoms with Gasteiger partial charge in [0.05, 0.1) is 5.52 Å². The van der Waals surface area contributed by atoms with E-state index in [1.165, 1.54) is 54.0 Å². The van der Waals surface area contributed by atoms with E-state index in [0.29, 0.717) is 29.3 Å². The van der Waals surface area contributed by atoms with Gasteiger partial charge >= 0.3 is 5.97 Å². The number of aryl methyl sites for hydroxylation is 1. The van der Waals surface area contributed by atoms with Gasteiger partial charge in [0.1, 0.15) is 58.0 Å². The average molecular weight is 1070 g/mol. The zero-order chi connectivity index (χ0) is 57.2. The van der Waals surface area contributed by atoms with E-state index in [1.54, 1.807) is 18.2 Å². The third kappa shape index (κ3) is 11.9. The first-order chi connectivity index (χ1) is 36.9. The molecule has 10 heteroatoms. The highest BCUT2D eigenvalue weighted by atomic mass is 19.1. The Morgan fingerprint density at radius 1 is 0.756 bits per heavy atom. The Morgan fingerprint density at radius 3 is 1.97 bits per heavy atom. The van der Waals surface area contributed by atoms with Crippen molar-refractivity contribution in [2.24, 2.45) is 5.92 Å². The number of rotatable bonds is 10. The number of phenolic OH excluding ortho intramolecular Hbond substituents is 2. The van der Waals surface area contributed by atoms with Crippen LogP contribution < -0.4 is 9.47 Å². The van der Waals surface area contributed by atoms with Crippen molar-refractivity contribution in [3.05, 3.63) is 145 Å². The first-order valence-corrected chi connectivity index (χ1v) is 28.6. The Morgan fingerprint density at radius 2 is 1.38 bits per heavy atom. The van der Waals surface area contributed by atoms with Crippen LogP contribution in [0.3, 0.4) is 0 Å². The number of hydrogen-bond donors (Lipinski definition) is 2. The van der Waals surface area contributed by atoms with Crippen molar-refractivity contribution in [1.29, 1.82) is 0 Å². The molecule has 420 valence electrons. The van der Waals surface area contributed by atoms with Gasteiger partial charge in [-0.3, -0.25) is 4.98 Å². The minimum absolute atomic E-state index is 0.0388. The smallest absolute Gasteiger partial charge is 0.332 e. The number of esters is 1. The maximum atomic E-state index is 13.5. The highest BCUT2D eigenvalue weighted by Crippen LogP contribution is 2.53. The van der Waals surface area contributed by atoms with Crippen molar-refractivity contribution in [1.82, 2.24) is 4.98 Å². The van der Waals surface area contributed by atoms with Crippen molar-refractivity contribution in [3.8, 4) is 34.1 Å². The number of hydrogen-bond acceptors (Lipinski definition) is 8. The fourth-order valence-corrected chi connectivity index (χ4v) is 12.7. The second-order valence-corrected chi connectivity index (χ2v) is 23.5. The highest BCUT2D eigenvalue weighted by molar-refractivity contribution is 5.96. The summed E-state index contributed by atoms with van der Waals surface area (Å²) >= 11 is 0. The van der Waals surface area contributed by atoms with Crippen LogP contribution in [0.4, 0.5) is 8.78 Å². The summed E-state index contributed by atoms with van der Waals surface area (Å²) in [7, 11) is 1.48. The largest absolute Gasteiger partial charge is 0.507 e. The van der Waals surface area contributed by atoms with Gasteiger partial charge in [-0.2, -0.15) is 0 Å². The normalized spacial score (nSPS) is 20.6. The maximum absolute atomic E-state index is 13.5. The topological polar surface area (TPSA) is 107 Å². The highest BCUT2D eigenvalue weighted by Gasteiger charge is 2.47. The molecular weight excluding hydrogens is 981 g/mol. The number of phenols is 2. The van der Waals surface area contributed by atoms with E-state index in [0.717, 1.165) is 124 Å². The molecule has 78 heavy (non-hydrogen) atoms. The number of para-hydroxylation sites is 1. The molecule has 1 fully saturated rings. The van der Waals surface area contributed by atoms with Gasteiger partial charge in [0, 0.05) is 47.1 Å². The van der Waals surface area contributed by atoms with Crippen molar-refractivity contribution < 1.29 is 42.7 Å². The Labute approximate surface area is 464 Å². The number of aromatic hydroxyl groups is 2. The van der Waals surface area contributed by atoms with Crippen LogP contribution in [0.5, 0.6) is 23.0 Å². The zero-order valence-corrected chi connectivity index (χ0v) is 49.6. The third-order valence-corrected chi connectivity index (χ3v) is 17.7. The summed E-state index contributed by atoms with van der Waals surface area (Å²) in [5.41, 5.74) is 15.7. The molecule has 1 aromatic heterocycles. The number of halogens is 2. The standard InChI is InChI=1S/C20H18FN.C18H25FO3.2C15H22O2/c1-2-16-19(13-9-11-15(21)12-10-13)17-5-3-4-6-18(17)22-20(16)14-7-8-14;1-5-18(22-16(20)11-21-4)9-8-13-10-14(19)6-7-15(13)17(18)12(2)3;1-7-11-12-10(4)13(16)8(2)9(3)14(12)17-15(11,5)6;1-6-15(5)8-7-12-11(4)13(16)9(2)10(3)14(12)17-15/h3-6,9-12,14H,2,7-8H2,1H3;6-7,10,12,17H,5,8-9,11H2,1-4H3;11,16H,7H2,1-6H3;16H,6-8H2,1-5H3/t;17-,18+;11-;15-/m.000/s1. The average Bonchev–Trinajstić information content (AvgIpc) is 4.24. The summed E-state index contributed by atoms with van der Waals surface area (Å²) in [6.07, 6.45) is 9.69. The van der Waals surface area contributed by atoms with Crippen molar-refractivity contribution in [2.45, 2.75) is 203 Å². The van der Waals surface area contributed by atoms with Crippen LogP contribution >= 0.6 is 0 Å². The molecule has 5 aromatic carbocycles. The summed E-state index contributed by atoms with van der Waals surface area (Å²) in [4.78, 5) is 16.9. The third-order valence-electron chi connectivity index (χ3n) is 17.7. The minimum atomic E-state index is -0.533. The second-order valence-electron chi connectivity index (χ2n) is 23.5. The lowest BCUT2D eigenvalue weighted by Gasteiger charge is -2.46. The number of aromatic nitrogens is 1. The van der Waals surface area contributed by atoms with Crippen LogP contribution in [0.2, 0.25) is 0 Å². The number of fused-ring (bicyclic) bond motifs is 4. The van der Waals surface area contributed by atoms with Crippen molar-refractivity contribution >= 4 is 16.9 Å². The van der Waals surface area contributed by atoms with Gasteiger partial charge in [-0.05, 0) is 224 Å². The molecule has 0 bridgehead atoms. The predicted molar refractivity (Wildman–Crippen MR) is 312 cm³/mol. The first kappa shape index (κ1) is 59.7. The summed E-state index contributed by atoms with van der Waals surface area (Å²) in [6.45, 7) is 31.2. The van der Waals surface area contributed by atoms with E-state index in [9.17, 15) is 23.8 Å². The molecule has 10 rings (SSSR count). The van der Waals surface area contributed by atoms with Gasteiger partial charge in [0.2, 0.25) is 0 Å². The molecule has 8 nitrogen and oxygen atoms in total. The molecule has 2 N–H and O–H groups in total. The Hall–Kier alpha value is -6.00. The van der Waals surface area contributed by atoms with Crippen molar-refractivity contribution in [3.63, 3.8) is 0 Å². The molecule has 2 aliphatic carbocycles. The predicted octanol–water partition coefficient (Wildman–Crippen LogP) is 17.1. The van der Waals surface area contributed by atoms with E-state index in [1.807, 2.05) is 78.8 Å². The molecule has 0 radical (unpaired) electrons. The number of benzene rings is 5. The van der Waals surface area contributed by atoms with Gasteiger partial charge in [-0.1, -0.05) is 77.9 Å². The van der Waals surface area contributed by atoms with Crippen LogP contribution in [-0.4, -0.2) is 51.7 Å². The van der Waals surface area contributed by atoms with E-state index in [4.69, 9.17) is 23.9 Å². The molecular formula is C68H87F2NO7. The number of nitrogens with zero attached hydrogens (tertiary/aromatic N) is 1. The molecule has 4 atom stereocenters. The molecule has 0 amide bonds. The lowest BCUT2D eigenvalue weighted by Crippen LogP contribution is -2.46. The quantitative estimate of drug-likeness (QED) is 0.131. The summed E-state index contributed by atoms with van der Waals surface area (Å²) in [5, 5.41) is 21.4. The molecule has 6 aromatic rings. The van der Waals surface area contributed by atoms with Crippen LogP contribution in [0.25, 0.3) is 22.0 Å². The number of ether oxygens (including phenoxy) is 4. The molecule has 3 heterocycles. The van der Waals surface area contributed by atoms with Gasteiger partial charge in [-0.15, -0.1) is 0 Å². The van der Waals surface area contributed by atoms with Gasteiger partial charge < -0.3 is 29.2 Å². The fraction of sp³-hybridized carbons (Fsp3) is 0.500. The monoisotopic (exact) mass is 1070 g/mol. The Bertz CT molecular complexity index is 3140. The molecule has 1 saturated carbocycles. The molecule has 0 saturated heterocycles. The fourth-order valence-electron chi connectivity index (χ4n) is 12.7. The van der Waals surface area contributed by atoms with E-state index >= 15 is 0 Å². The Balaban J connectivity index is 0.000000152. The van der Waals surface area contributed by atoms with Crippen LogP contribution in [0.15, 0.2) is 66.7 Å². The summed E-state index contributed by atoms with van der Waals surface area (Å²) in [5.74, 6) is 3.47. The molecule has 0 unspecified atom stereocenters. The summed E-state index contributed by atoms with van der Waals surface area (Å²) in [6, 6.07) is 20.1. The van der Waals surface area contributed by atoms with Crippen LogP contribution in [0, 0.1) is 59.1 Å². The number of methoxy groups -OCH3 is 1. The van der Waals surface area contributed by atoms with Crippen LogP contribution in [-0.2, 0) is 33.5 Å². The minimum Gasteiger partial charge on any atom is -0.507 e. The first-order valence-electron chi connectivity index (χ1n) is 28.6. The SMILES string of the molecule is CC[C@@]1(C)CCc2c(C)c(O)c(C)c(C)c2O1.CC[C@@]1(OC(=O)COC)CCc2cc(F)ccc2[C@@H]1C(C)C.CC[C@H]1c2c(C)c(O)c(C)c(C)c2OC1(C)C.CCc1c(C2CC2)nc2ccccc2c1-c1ccc(F)cc1. The maximum Gasteiger partial charge on any atom is 0.332 e. The van der Waals surface area contributed by atoms with E-state index in [2.05, 4.69) is 67.5 Å². The number of pyridine rings is 1. The Kier molecular flexibility index (Phi) is 18.5. The van der Waals surface area contributed by atoms with Gasteiger partial charge in [0.25, 0.3) is 0 Å². The number of carbonyl (C=O) groups excluding carboxylic acids is 1. The zero-order valence-electron chi connectivity index (χ0n) is 49.6. The number of carbonyl (C=O) groups is 1. The molecule has 0 spiro atoms. The summed E-state index contributed by atoms with van der Waals surface area (Å²) < 4.78 is 49.9. The van der Waals surface area contributed by atoms with E-state index < -0.39 is 5.60 Å². The van der Waals surface area contributed by atoms with Crippen molar-refractivity contribution in [2.75, 3.05) is 13.7 Å². The van der Waals surface area contributed by atoms with Gasteiger partial charge in [-0.25, -0.2) is 13.6 Å². The second kappa shape index (κ2) is 24.2. The van der Waals surface area contributed by atoms with Gasteiger partial charge in [0.15, 0.2) is 0 Å². The van der Waals surface area contributed by atoms with Crippen LogP contribution in [0.1, 0.15) is 192 Å². The lowest BCUT2D eigenvalue weighted by atomic mass is 9.66. The lowest BCUT2D eigenvalue weighted by molar-refractivity contribution is -0.171.